The van der Waals surface area contributed by atoms with Gasteiger partial charge in [-0.3, -0.25) is 4.79 Å². The van der Waals surface area contributed by atoms with E-state index in [4.69, 9.17) is 9.47 Å². The average molecular weight is 539 g/mol. The molecule has 3 aliphatic rings. The molecule has 0 saturated carbocycles. The maximum absolute atomic E-state index is 13.3. The van der Waals surface area contributed by atoms with Gasteiger partial charge in [0.15, 0.2) is 5.72 Å². The van der Waals surface area contributed by atoms with E-state index in [9.17, 15) is 4.79 Å². The Kier molecular flexibility index (Phi) is 5.36. The van der Waals surface area contributed by atoms with Gasteiger partial charge in [0.25, 0.3) is 5.91 Å². The number of carbonyl (C=O) groups excluding carboxylic acids is 1. The molecule has 2 aromatic heterocycles. The Morgan fingerprint density at radius 3 is 2.41 bits per heavy atom. The maximum Gasteiger partial charge on any atom is 0.252 e. The van der Waals surface area contributed by atoms with Crippen molar-refractivity contribution in [3.63, 3.8) is 0 Å². The summed E-state index contributed by atoms with van der Waals surface area (Å²) < 4.78 is 18.0. The number of carbonyl (C=O) groups is 1. The Labute approximate surface area is 225 Å². The summed E-state index contributed by atoms with van der Waals surface area (Å²) in [6, 6.07) is 17.0. The number of nitrogens with zero attached hydrogens (tertiary/aromatic N) is 2. The zero-order valence-electron chi connectivity index (χ0n) is 20.7. The molecule has 8 rings (SSSR count). The number of methoxy groups -OCH3 is 1. The lowest BCUT2D eigenvalue weighted by molar-refractivity contribution is -0.256. The molecule has 3 aromatic carbocycles. The summed E-state index contributed by atoms with van der Waals surface area (Å²) in [7, 11) is 3.77. The second kappa shape index (κ2) is 8.09. The van der Waals surface area contributed by atoms with Crippen LogP contribution in [0.25, 0.3) is 43.6 Å². The van der Waals surface area contributed by atoms with E-state index in [1.165, 1.54) is 0 Å². The van der Waals surface area contributed by atoms with Crippen molar-refractivity contribution in [3.8, 4) is 0 Å². The fourth-order valence-electron chi connectivity index (χ4n) is 7.33. The van der Waals surface area contributed by atoms with Crippen LogP contribution in [0.4, 0.5) is 0 Å². The zero-order valence-corrected chi connectivity index (χ0v) is 22.3. The summed E-state index contributed by atoms with van der Waals surface area (Å²) in [5.41, 5.74) is 5.51. The molecule has 5 heterocycles. The highest BCUT2D eigenvalue weighted by Crippen LogP contribution is 2.53. The standard InChI is InChI=1S/C28H26N4O3.2ClH/c1-28-26(34-3)17(29-2)12-20(35-28)31-18-10-6-4-8-14(18)22-23-16(13-30-27(23)33)21-15-9-5-7-11-19(15)32(28)25(21)24(22)31;;/h4-11,17,20,26,29H,12-13H2,1-3H3,(H,30,33);2*1H/t17-,20-,26-,28+;;/m0../s1. The summed E-state index contributed by atoms with van der Waals surface area (Å²) in [4.78, 5) is 13.3. The predicted octanol–water partition coefficient (Wildman–Crippen LogP) is 5.20. The number of hydrogen-bond donors (Lipinski definition) is 2. The van der Waals surface area contributed by atoms with Crippen LogP contribution in [0.1, 0.15) is 35.5 Å². The first kappa shape index (κ1) is 24.5. The number of para-hydroxylation sites is 2. The van der Waals surface area contributed by atoms with E-state index in [1.807, 2.05) is 7.05 Å². The highest BCUT2D eigenvalue weighted by molar-refractivity contribution is 6.31. The Bertz CT molecular complexity index is 1760. The van der Waals surface area contributed by atoms with E-state index in [2.05, 4.69) is 75.2 Å². The van der Waals surface area contributed by atoms with Gasteiger partial charge in [-0.2, -0.15) is 0 Å². The first-order valence-corrected chi connectivity index (χ1v) is 12.3. The van der Waals surface area contributed by atoms with Crippen molar-refractivity contribution >= 4 is 74.3 Å². The fourth-order valence-corrected chi connectivity index (χ4v) is 7.33. The lowest BCUT2D eigenvalue weighted by Gasteiger charge is -2.48. The molecule has 0 aliphatic carbocycles. The molecule has 2 N–H and O–H groups in total. The van der Waals surface area contributed by atoms with Gasteiger partial charge in [-0.15, -0.1) is 24.8 Å². The van der Waals surface area contributed by atoms with Crippen LogP contribution in [0.15, 0.2) is 48.5 Å². The lowest BCUT2D eigenvalue weighted by atomic mass is 9.93. The summed E-state index contributed by atoms with van der Waals surface area (Å²) in [6.45, 7) is 2.68. The van der Waals surface area contributed by atoms with Crippen molar-refractivity contribution in [2.75, 3.05) is 14.2 Å². The molecule has 5 aromatic rings. The largest absolute Gasteiger partial charge is 0.375 e. The van der Waals surface area contributed by atoms with Gasteiger partial charge in [0.05, 0.1) is 27.6 Å². The third kappa shape index (κ3) is 2.71. The summed E-state index contributed by atoms with van der Waals surface area (Å²) in [6.07, 6.45) is 0.337. The topological polar surface area (TPSA) is 69.5 Å². The van der Waals surface area contributed by atoms with Crippen molar-refractivity contribution < 1.29 is 14.3 Å². The minimum Gasteiger partial charge on any atom is -0.375 e. The number of nitrogens with one attached hydrogen (secondary N) is 2. The molecule has 3 aliphatic heterocycles. The van der Waals surface area contributed by atoms with Gasteiger partial charge in [-0.05, 0) is 31.7 Å². The van der Waals surface area contributed by atoms with Crippen LogP contribution in [0.3, 0.4) is 0 Å². The molecule has 4 atom stereocenters. The van der Waals surface area contributed by atoms with Crippen LogP contribution in [0, 0.1) is 0 Å². The molecule has 1 fully saturated rings. The number of likely N-dealkylation sites (N-methyl/N-ethyl adjacent to an activating group) is 1. The highest BCUT2D eigenvalue weighted by atomic mass is 35.5. The predicted molar refractivity (Wildman–Crippen MR) is 150 cm³/mol. The Balaban J connectivity index is 0.00000126. The summed E-state index contributed by atoms with van der Waals surface area (Å²) in [5.74, 6) is 0.00357. The van der Waals surface area contributed by atoms with Crippen molar-refractivity contribution in [2.45, 2.75) is 44.0 Å². The molecule has 1 amide bonds. The zero-order chi connectivity index (χ0) is 23.6. The lowest BCUT2D eigenvalue weighted by Crippen LogP contribution is -2.59. The number of hydrogen-bond acceptors (Lipinski definition) is 4. The highest BCUT2D eigenvalue weighted by Gasteiger charge is 2.53. The average Bonchev–Trinajstić information content (AvgIpc) is 3.51. The maximum atomic E-state index is 13.3. The molecular formula is C28H28Cl2N4O3. The third-order valence-corrected chi connectivity index (χ3v) is 8.60. The number of halogens is 2. The molecular weight excluding hydrogens is 511 g/mol. The number of ether oxygens (including phenoxy) is 2. The first-order chi connectivity index (χ1) is 17.1. The normalized spacial score (nSPS) is 25.8. The van der Waals surface area contributed by atoms with E-state index >= 15 is 0 Å². The van der Waals surface area contributed by atoms with Gasteiger partial charge < -0.3 is 29.2 Å². The molecule has 2 bridgehead atoms. The van der Waals surface area contributed by atoms with Gasteiger partial charge in [0.1, 0.15) is 12.3 Å². The number of aromatic nitrogens is 2. The van der Waals surface area contributed by atoms with Crippen LogP contribution in [-0.4, -0.2) is 41.3 Å². The second-order valence-electron chi connectivity index (χ2n) is 10.1. The molecule has 0 radical (unpaired) electrons. The number of rotatable bonds is 2. The molecule has 9 heteroatoms. The molecule has 0 spiro atoms. The molecule has 1 saturated heterocycles. The number of fused-ring (bicyclic) bond motifs is 13. The molecule has 37 heavy (non-hydrogen) atoms. The minimum absolute atomic E-state index is 0. The smallest absolute Gasteiger partial charge is 0.252 e. The van der Waals surface area contributed by atoms with Crippen molar-refractivity contribution in [3.05, 3.63) is 59.7 Å². The van der Waals surface area contributed by atoms with Crippen LogP contribution in [0.2, 0.25) is 0 Å². The van der Waals surface area contributed by atoms with E-state index in [0.717, 1.165) is 61.2 Å². The number of benzene rings is 3. The van der Waals surface area contributed by atoms with Gasteiger partial charge in [-0.1, -0.05) is 36.4 Å². The van der Waals surface area contributed by atoms with Gasteiger partial charge in [0, 0.05) is 47.7 Å². The van der Waals surface area contributed by atoms with Crippen molar-refractivity contribution in [1.29, 1.82) is 0 Å². The van der Waals surface area contributed by atoms with Gasteiger partial charge in [0.2, 0.25) is 0 Å². The number of amides is 1. The molecule has 192 valence electrons. The van der Waals surface area contributed by atoms with Crippen molar-refractivity contribution in [1.82, 2.24) is 19.8 Å². The summed E-state index contributed by atoms with van der Waals surface area (Å²) >= 11 is 0. The van der Waals surface area contributed by atoms with Crippen LogP contribution < -0.4 is 10.6 Å². The quantitative estimate of drug-likeness (QED) is 0.324. The van der Waals surface area contributed by atoms with Crippen LogP contribution >= 0.6 is 24.8 Å². The SMILES string of the molecule is CN[C@H]1C[C@@H]2O[C@](C)([C@H]1OC)n1c3ccccc3c3c4c(c5c6ccccc6n2c5c31)C(=O)NC4.Cl.Cl. The Hall–Kier alpha value is -2.81. The fraction of sp³-hybridized carbons (Fsp3) is 0.321. The Morgan fingerprint density at radius 1 is 1.03 bits per heavy atom. The molecule has 0 unspecified atom stereocenters. The van der Waals surface area contributed by atoms with E-state index in [1.54, 1.807) is 7.11 Å². The monoisotopic (exact) mass is 538 g/mol. The first-order valence-electron chi connectivity index (χ1n) is 12.3. The van der Waals surface area contributed by atoms with E-state index < -0.39 is 5.72 Å². The van der Waals surface area contributed by atoms with Gasteiger partial charge >= 0.3 is 0 Å². The van der Waals surface area contributed by atoms with E-state index in [-0.39, 0.29) is 49.1 Å². The molecule has 7 nitrogen and oxygen atoms in total. The van der Waals surface area contributed by atoms with Gasteiger partial charge in [-0.25, -0.2) is 0 Å². The van der Waals surface area contributed by atoms with Crippen molar-refractivity contribution in [2.24, 2.45) is 0 Å². The van der Waals surface area contributed by atoms with E-state index in [0.29, 0.717) is 6.54 Å². The Morgan fingerprint density at radius 2 is 1.70 bits per heavy atom. The second-order valence-corrected chi connectivity index (χ2v) is 10.1. The third-order valence-electron chi connectivity index (χ3n) is 8.60. The van der Waals surface area contributed by atoms with Crippen LogP contribution in [-0.2, 0) is 21.7 Å². The summed E-state index contributed by atoms with van der Waals surface area (Å²) in [5, 5.41) is 11.0. The van der Waals surface area contributed by atoms with Crippen LogP contribution in [0.5, 0.6) is 0 Å². The minimum atomic E-state index is -0.760.